The summed E-state index contributed by atoms with van der Waals surface area (Å²) in [4.78, 5) is 12.6. The van der Waals surface area contributed by atoms with Crippen molar-refractivity contribution in [3.8, 4) is 11.3 Å². The molecule has 0 radical (unpaired) electrons. The van der Waals surface area contributed by atoms with Gasteiger partial charge in [-0.15, -0.1) is 0 Å². The number of nitrogens with zero attached hydrogens (tertiary/aromatic N) is 1. The molecule has 124 valence electrons. The summed E-state index contributed by atoms with van der Waals surface area (Å²) in [5.74, 6) is 1.11. The van der Waals surface area contributed by atoms with E-state index in [0.29, 0.717) is 11.4 Å². The zero-order valence-electron chi connectivity index (χ0n) is 13.7. The van der Waals surface area contributed by atoms with E-state index in [1.54, 1.807) is 12.3 Å². The molecule has 0 saturated heterocycles. The van der Waals surface area contributed by atoms with E-state index in [9.17, 15) is 4.79 Å². The standard InChI is InChI=1S/C20H17N3O2/c1-2-13-5-3-6-15(11-13)20(24)21-19-16-12-14(18-7-4-10-25-18)8-9-17(16)22-23-19/h3-12H,2H2,1H3,(H2,21,22,23,24). The molecule has 0 fully saturated rings. The molecule has 0 atom stereocenters. The van der Waals surface area contributed by atoms with Crippen LogP contribution in [0.5, 0.6) is 0 Å². The van der Waals surface area contributed by atoms with Crippen molar-refractivity contribution >= 4 is 22.6 Å². The number of aryl methyl sites for hydroxylation is 1. The Hall–Kier alpha value is -3.34. The number of aromatic nitrogens is 2. The first kappa shape index (κ1) is 15.2. The minimum atomic E-state index is -0.174. The van der Waals surface area contributed by atoms with Gasteiger partial charge in [-0.1, -0.05) is 19.1 Å². The largest absolute Gasteiger partial charge is 0.464 e. The van der Waals surface area contributed by atoms with E-state index in [1.807, 2.05) is 48.5 Å². The summed E-state index contributed by atoms with van der Waals surface area (Å²) in [6.45, 7) is 2.06. The second-order valence-corrected chi connectivity index (χ2v) is 5.82. The van der Waals surface area contributed by atoms with E-state index >= 15 is 0 Å². The van der Waals surface area contributed by atoms with Gasteiger partial charge in [-0.05, 0) is 54.4 Å². The fraction of sp³-hybridized carbons (Fsp3) is 0.100. The van der Waals surface area contributed by atoms with Gasteiger partial charge in [0.05, 0.1) is 11.8 Å². The van der Waals surface area contributed by atoms with Crippen molar-refractivity contribution in [2.24, 2.45) is 0 Å². The van der Waals surface area contributed by atoms with E-state index < -0.39 is 0 Å². The average Bonchev–Trinajstić information content (AvgIpc) is 3.32. The molecule has 2 aromatic carbocycles. The first-order valence-electron chi connectivity index (χ1n) is 8.17. The first-order valence-corrected chi connectivity index (χ1v) is 8.17. The van der Waals surface area contributed by atoms with Crippen LogP contribution in [-0.4, -0.2) is 16.1 Å². The number of benzene rings is 2. The maximum absolute atomic E-state index is 12.6. The summed E-state index contributed by atoms with van der Waals surface area (Å²) < 4.78 is 5.44. The summed E-state index contributed by atoms with van der Waals surface area (Å²) in [7, 11) is 0. The molecule has 0 aliphatic heterocycles. The lowest BCUT2D eigenvalue weighted by Crippen LogP contribution is -2.12. The Balaban J connectivity index is 1.67. The summed E-state index contributed by atoms with van der Waals surface area (Å²) in [5, 5.41) is 10.9. The van der Waals surface area contributed by atoms with E-state index in [4.69, 9.17) is 4.42 Å². The second-order valence-electron chi connectivity index (χ2n) is 5.82. The smallest absolute Gasteiger partial charge is 0.256 e. The summed E-state index contributed by atoms with van der Waals surface area (Å²) >= 11 is 0. The van der Waals surface area contributed by atoms with Gasteiger partial charge in [0.2, 0.25) is 0 Å². The van der Waals surface area contributed by atoms with Crippen molar-refractivity contribution in [2.75, 3.05) is 5.32 Å². The molecule has 0 spiro atoms. The molecule has 4 rings (SSSR count). The number of furan rings is 1. The number of nitrogens with one attached hydrogen (secondary N) is 2. The van der Waals surface area contributed by atoms with Crippen LogP contribution in [0.3, 0.4) is 0 Å². The summed E-state index contributed by atoms with van der Waals surface area (Å²) in [5.41, 5.74) is 3.53. The maximum Gasteiger partial charge on any atom is 0.256 e. The minimum Gasteiger partial charge on any atom is -0.464 e. The number of carbonyl (C=O) groups is 1. The van der Waals surface area contributed by atoms with Crippen LogP contribution in [0.15, 0.2) is 65.3 Å². The molecule has 0 aliphatic rings. The number of fused-ring (bicyclic) bond motifs is 1. The molecule has 1 amide bonds. The molecule has 25 heavy (non-hydrogen) atoms. The fourth-order valence-electron chi connectivity index (χ4n) is 2.82. The highest BCUT2D eigenvalue weighted by Crippen LogP contribution is 2.28. The molecule has 0 aliphatic carbocycles. The van der Waals surface area contributed by atoms with Gasteiger partial charge in [0, 0.05) is 16.5 Å². The third kappa shape index (κ3) is 2.92. The van der Waals surface area contributed by atoms with E-state index in [2.05, 4.69) is 22.4 Å². The van der Waals surface area contributed by atoms with Crippen molar-refractivity contribution in [1.29, 1.82) is 0 Å². The lowest BCUT2D eigenvalue weighted by Gasteiger charge is -2.05. The molecular formula is C20H17N3O2. The van der Waals surface area contributed by atoms with Gasteiger partial charge in [0.1, 0.15) is 5.76 Å². The number of carbonyl (C=O) groups excluding carboxylic acids is 1. The third-order valence-corrected chi connectivity index (χ3v) is 4.20. The predicted molar refractivity (Wildman–Crippen MR) is 97.6 cm³/mol. The Bertz CT molecular complexity index is 1030. The lowest BCUT2D eigenvalue weighted by atomic mass is 10.1. The molecular weight excluding hydrogens is 314 g/mol. The molecule has 2 N–H and O–H groups in total. The van der Waals surface area contributed by atoms with Crippen molar-refractivity contribution in [1.82, 2.24) is 10.2 Å². The van der Waals surface area contributed by atoms with Gasteiger partial charge in [-0.25, -0.2) is 0 Å². The molecule has 0 unspecified atom stereocenters. The highest BCUT2D eigenvalue weighted by Gasteiger charge is 2.13. The summed E-state index contributed by atoms with van der Waals surface area (Å²) in [6, 6.07) is 17.2. The lowest BCUT2D eigenvalue weighted by molar-refractivity contribution is 0.102. The van der Waals surface area contributed by atoms with Crippen LogP contribution < -0.4 is 5.32 Å². The quantitative estimate of drug-likeness (QED) is 0.572. The van der Waals surface area contributed by atoms with E-state index in [-0.39, 0.29) is 5.91 Å². The third-order valence-electron chi connectivity index (χ3n) is 4.20. The predicted octanol–water partition coefficient (Wildman–Crippen LogP) is 4.64. The number of amides is 1. The van der Waals surface area contributed by atoms with E-state index in [0.717, 1.165) is 34.2 Å². The Kier molecular flexibility index (Phi) is 3.82. The number of hydrogen-bond acceptors (Lipinski definition) is 3. The van der Waals surface area contributed by atoms with E-state index in [1.165, 1.54) is 0 Å². The maximum atomic E-state index is 12.6. The highest BCUT2D eigenvalue weighted by atomic mass is 16.3. The van der Waals surface area contributed by atoms with Crippen LogP contribution in [0, 0.1) is 0 Å². The van der Waals surface area contributed by atoms with Crippen LogP contribution in [-0.2, 0) is 6.42 Å². The number of H-pyrrole nitrogens is 1. The Morgan fingerprint density at radius 1 is 1.16 bits per heavy atom. The monoisotopic (exact) mass is 331 g/mol. The average molecular weight is 331 g/mol. The van der Waals surface area contributed by atoms with Gasteiger partial charge >= 0.3 is 0 Å². The zero-order valence-corrected chi connectivity index (χ0v) is 13.7. The molecule has 5 heteroatoms. The Morgan fingerprint density at radius 3 is 2.88 bits per heavy atom. The molecule has 5 nitrogen and oxygen atoms in total. The second kappa shape index (κ2) is 6.28. The van der Waals surface area contributed by atoms with Gasteiger partial charge in [-0.2, -0.15) is 5.10 Å². The van der Waals surface area contributed by atoms with Crippen LogP contribution in [0.25, 0.3) is 22.2 Å². The first-order chi connectivity index (χ1) is 12.2. The fourth-order valence-corrected chi connectivity index (χ4v) is 2.82. The molecule has 4 aromatic rings. The van der Waals surface area contributed by atoms with Gasteiger partial charge in [0.15, 0.2) is 5.82 Å². The van der Waals surface area contributed by atoms with Crippen molar-refractivity contribution in [3.05, 3.63) is 72.0 Å². The van der Waals surface area contributed by atoms with Gasteiger partial charge in [-0.3, -0.25) is 9.89 Å². The zero-order chi connectivity index (χ0) is 17.2. The van der Waals surface area contributed by atoms with Crippen molar-refractivity contribution in [2.45, 2.75) is 13.3 Å². The molecule has 2 aromatic heterocycles. The van der Waals surface area contributed by atoms with Crippen LogP contribution in [0.1, 0.15) is 22.8 Å². The van der Waals surface area contributed by atoms with Crippen LogP contribution in [0.2, 0.25) is 0 Å². The van der Waals surface area contributed by atoms with Gasteiger partial charge < -0.3 is 9.73 Å². The highest BCUT2D eigenvalue weighted by molar-refractivity contribution is 6.08. The van der Waals surface area contributed by atoms with Crippen molar-refractivity contribution in [3.63, 3.8) is 0 Å². The topological polar surface area (TPSA) is 70.9 Å². The number of aromatic amines is 1. The number of rotatable bonds is 4. The van der Waals surface area contributed by atoms with Crippen molar-refractivity contribution < 1.29 is 9.21 Å². The number of anilines is 1. The molecule has 0 bridgehead atoms. The van der Waals surface area contributed by atoms with Crippen LogP contribution in [0.4, 0.5) is 5.82 Å². The number of hydrogen-bond donors (Lipinski definition) is 2. The van der Waals surface area contributed by atoms with Gasteiger partial charge in [0.25, 0.3) is 5.91 Å². The summed E-state index contributed by atoms with van der Waals surface area (Å²) in [6.07, 6.45) is 2.53. The Morgan fingerprint density at radius 2 is 2.08 bits per heavy atom. The minimum absolute atomic E-state index is 0.174. The molecule has 0 saturated carbocycles. The SMILES string of the molecule is CCc1cccc(C(=O)Nc2n[nH]c3ccc(-c4ccco4)cc23)c1. The molecule has 2 heterocycles. The normalized spacial score (nSPS) is 10.9. The Labute approximate surface area is 144 Å². The van der Waals surface area contributed by atoms with Crippen LogP contribution >= 0.6 is 0 Å².